The summed E-state index contributed by atoms with van der Waals surface area (Å²) in [6.45, 7) is 2.67. The summed E-state index contributed by atoms with van der Waals surface area (Å²) in [7, 11) is -6.58. The number of nitrogens with one attached hydrogen (secondary N) is 1. The van der Waals surface area contributed by atoms with Crippen molar-refractivity contribution in [2.24, 2.45) is 0 Å². The number of imide groups is 1. The van der Waals surface area contributed by atoms with Crippen molar-refractivity contribution in [3.63, 3.8) is 0 Å². The third-order valence-corrected chi connectivity index (χ3v) is 5.54. The number of carbonyl (C=O) groups excluding carboxylic acids is 4. The molecule has 0 saturated carbocycles. The molecule has 0 saturated heterocycles. The first-order chi connectivity index (χ1) is 16.1. The number of carbonyl (C=O) groups is 4. The molecule has 0 aliphatic carbocycles. The van der Waals surface area contributed by atoms with Gasteiger partial charge in [0.2, 0.25) is 0 Å². The smallest absolute Gasteiger partial charge is 0.433 e. The van der Waals surface area contributed by atoms with E-state index >= 15 is 0 Å². The number of nitrogens with zero attached hydrogens (tertiary/aromatic N) is 1. The highest BCUT2D eigenvalue weighted by atomic mass is 32.2. The van der Waals surface area contributed by atoms with Crippen LogP contribution in [-0.2, 0) is 28.7 Å². The van der Waals surface area contributed by atoms with Gasteiger partial charge in [0.25, 0.3) is 11.8 Å². The molecule has 1 aromatic carbocycles. The highest BCUT2D eigenvalue weighted by molar-refractivity contribution is 7.87. The zero-order chi connectivity index (χ0) is 26.6. The number of alkyl halides is 4. The molecule has 35 heavy (non-hydrogen) atoms. The normalized spacial score (nSPS) is 13.9. The average molecular weight is 526 g/mol. The van der Waals surface area contributed by atoms with Crippen molar-refractivity contribution in [2.45, 2.75) is 24.5 Å². The number of fused-ring (bicyclic) bond motifs is 1. The lowest BCUT2D eigenvalue weighted by Crippen LogP contribution is -2.50. The van der Waals surface area contributed by atoms with E-state index in [0.717, 1.165) is 12.1 Å². The van der Waals surface area contributed by atoms with Gasteiger partial charge in [-0.2, -0.15) is 26.0 Å². The Kier molecular flexibility index (Phi) is 8.23. The lowest BCUT2D eigenvalue weighted by molar-refractivity contribution is -0.173. The van der Waals surface area contributed by atoms with E-state index in [1.54, 1.807) is 0 Å². The van der Waals surface area contributed by atoms with Gasteiger partial charge in [0.05, 0.1) is 30.7 Å². The highest BCUT2D eigenvalue weighted by Gasteiger charge is 2.67. The second-order valence-corrected chi connectivity index (χ2v) is 8.50. The molecule has 0 spiro atoms. The largest absolute Gasteiger partial charge is 0.460 e. The Morgan fingerprint density at radius 2 is 1.57 bits per heavy atom. The summed E-state index contributed by atoms with van der Waals surface area (Å²) < 4.78 is 93.1. The van der Waals surface area contributed by atoms with Gasteiger partial charge in [-0.3, -0.25) is 9.59 Å². The maximum absolute atomic E-state index is 14.2. The Balaban J connectivity index is 1.93. The molecule has 0 fully saturated rings. The van der Waals surface area contributed by atoms with E-state index in [4.69, 9.17) is 0 Å². The number of rotatable bonds is 11. The summed E-state index contributed by atoms with van der Waals surface area (Å²) in [5.74, 6) is -8.99. The number of halogens is 4. The molecule has 3 amide bonds. The van der Waals surface area contributed by atoms with E-state index in [-0.39, 0.29) is 29.9 Å². The van der Waals surface area contributed by atoms with E-state index in [9.17, 15) is 45.2 Å². The van der Waals surface area contributed by atoms with Crippen molar-refractivity contribution in [1.29, 1.82) is 0 Å². The molecule has 0 aromatic heterocycles. The van der Waals surface area contributed by atoms with Gasteiger partial charge in [0.15, 0.2) is 0 Å². The van der Waals surface area contributed by atoms with Crippen LogP contribution in [0.25, 0.3) is 0 Å². The summed E-state index contributed by atoms with van der Waals surface area (Å²) in [5, 5.41) is -4.51. The predicted octanol–water partition coefficient (Wildman–Crippen LogP) is 2.01. The molecular weight excluding hydrogens is 508 g/mol. The molecule has 11 nitrogen and oxygen atoms in total. The van der Waals surface area contributed by atoms with Crippen LogP contribution in [0.5, 0.6) is 0 Å². The van der Waals surface area contributed by atoms with Crippen LogP contribution in [0.3, 0.4) is 0 Å². The first-order valence-electron chi connectivity index (χ1n) is 9.53. The van der Waals surface area contributed by atoms with Crippen LogP contribution in [-0.4, -0.2) is 68.3 Å². The fourth-order valence-corrected chi connectivity index (χ4v) is 3.34. The molecule has 0 atom stereocenters. The number of benzene rings is 1. The van der Waals surface area contributed by atoms with Gasteiger partial charge in [0, 0.05) is 5.57 Å². The first kappa shape index (κ1) is 27.7. The number of hydrogen-bond acceptors (Lipinski definition) is 9. The number of ether oxygens (including phenoxy) is 2. The van der Waals surface area contributed by atoms with Crippen molar-refractivity contribution in [2.75, 3.05) is 19.8 Å². The van der Waals surface area contributed by atoms with E-state index < -0.39 is 63.3 Å². The Morgan fingerprint density at radius 1 is 1.03 bits per heavy atom. The average Bonchev–Trinajstić information content (AvgIpc) is 3.00. The summed E-state index contributed by atoms with van der Waals surface area (Å²) in [6, 6.07) is 4.72. The Labute approximate surface area is 195 Å². The van der Waals surface area contributed by atoms with Gasteiger partial charge in [-0.15, -0.1) is 9.35 Å². The standard InChI is InChI=1S/C19H18F4N2O9S/c1-11(2)16(28)32-10-8-24-17(29)33-9-7-18(20,21)19(22,23)35(30,31)34-25-14(26)12-5-3-4-6-13(12)15(25)27/h3-6H,1,7-10H2,2H3,(H,24,29). The van der Waals surface area contributed by atoms with Crippen LogP contribution in [0.1, 0.15) is 34.1 Å². The molecule has 0 unspecified atom stereocenters. The molecule has 0 bridgehead atoms. The SMILES string of the molecule is C=C(C)C(=O)OCCNC(=O)OCCC(F)(F)C(F)(F)S(=O)(=O)ON1C(=O)c2ccccc2C1=O. The number of alkyl carbamates (subject to hydrolysis) is 1. The lowest BCUT2D eigenvalue weighted by Gasteiger charge is -2.26. The maximum Gasteiger partial charge on any atom is 0.433 e. The third kappa shape index (κ3) is 5.94. The molecule has 1 N–H and O–H groups in total. The molecule has 1 aliphatic heterocycles. The van der Waals surface area contributed by atoms with Crippen molar-refractivity contribution in [1.82, 2.24) is 10.4 Å². The molecule has 0 radical (unpaired) electrons. The van der Waals surface area contributed by atoms with Crippen LogP contribution < -0.4 is 5.32 Å². The number of hydrogen-bond donors (Lipinski definition) is 1. The summed E-state index contributed by atoms with van der Waals surface area (Å²) in [5.41, 5.74) is -0.675. The van der Waals surface area contributed by atoms with E-state index in [2.05, 4.69) is 20.3 Å². The van der Waals surface area contributed by atoms with Gasteiger partial charge in [-0.05, 0) is 19.1 Å². The first-order valence-corrected chi connectivity index (χ1v) is 10.9. The molecule has 1 aromatic rings. The monoisotopic (exact) mass is 526 g/mol. The second-order valence-electron chi connectivity index (χ2n) is 6.93. The second kappa shape index (κ2) is 10.4. The third-order valence-electron chi connectivity index (χ3n) is 4.27. The van der Waals surface area contributed by atoms with Gasteiger partial charge >= 0.3 is 33.4 Å². The van der Waals surface area contributed by atoms with Crippen LogP contribution in [0, 0.1) is 0 Å². The molecule has 1 aliphatic rings. The quantitative estimate of drug-likeness (QED) is 0.150. The van der Waals surface area contributed by atoms with Gasteiger partial charge in [-0.1, -0.05) is 18.7 Å². The topological polar surface area (TPSA) is 145 Å². The zero-order valence-corrected chi connectivity index (χ0v) is 18.7. The minimum Gasteiger partial charge on any atom is -0.460 e. The minimum atomic E-state index is -6.58. The summed E-state index contributed by atoms with van der Waals surface area (Å²) >= 11 is 0. The fourth-order valence-electron chi connectivity index (χ4n) is 2.45. The number of amides is 3. The molecular formula is C19H18F4N2O9S. The van der Waals surface area contributed by atoms with E-state index in [1.807, 2.05) is 5.32 Å². The zero-order valence-electron chi connectivity index (χ0n) is 17.9. The van der Waals surface area contributed by atoms with Crippen molar-refractivity contribution in [3.8, 4) is 0 Å². The highest BCUT2D eigenvalue weighted by Crippen LogP contribution is 2.42. The van der Waals surface area contributed by atoms with Gasteiger partial charge in [-0.25, -0.2) is 9.59 Å². The predicted molar refractivity (Wildman–Crippen MR) is 107 cm³/mol. The van der Waals surface area contributed by atoms with Crippen molar-refractivity contribution >= 4 is 34.0 Å². The lowest BCUT2D eigenvalue weighted by atomic mass is 10.1. The molecule has 1 heterocycles. The maximum atomic E-state index is 14.2. The number of esters is 1. The van der Waals surface area contributed by atoms with Crippen LogP contribution in [0.15, 0.2) is 36.4 Å². The summed E-state index contributed by atoms with van der Waals surface area (Å²) in [4.78, 5) is 46.7. The van der Waals surface area contributed by atoms with E-state index in [0.29, 0.717) is 0 Å². The Bertz CT molecular complexity index is 1120. The van der Waals surface area contributed by atoms with Crippen LogP contribution in [0.4, 0.5) is 22.4 Å². The Morgan fingerprint density at radius 3 is 2.09 bits per heavy atom. The van der Waals surface area contributed by atoms with Crippen molar-refractivity contribution < 1.29 is 58.9 Å². The van der Waals surface area contributed by atoms with E-state index in [1.165, 1.54) is 19.1 Å². The summed E-state index contributed by atoms with van der Waals surface area (Å²) in [6.07, 6.45) is -3.32. The number of hydroxylamine groups is 2. The van der Waals surface area contributed by atoms with Crippen LogP contribution >= 0.6 is 0 Å². The molecule has 2 rings (SSSR count). The minimum absolute atomic E-state index is 0.0812. The Hall–Kier alpha value is -3.53. The van der Waals surface area contributed by atoms with Crippen molar-refractivity contribution in [3.05, 3.63) is 47.5 Å². The van der Waals surface area contributed by atoms with Crippen LogP contribution in [0.2, 0.25) is 0 Å². The molecule has 192 valence electrons. The fraction of sp³-hybridized carbons (Fsp3) is 0.368. The molecule has 16 heteroatoms. The van der Waals surface area contributed by atoms with Gasteiger partial charge in [0.1, 0.15) is 6.61 Å². The van der Waals surface area contributed by atoms with Gasteiger partial charge < -0.3 is 14.8 Å².